The molecule has 1 aromatic heterocycles. The van der Waals surface area contributed by atoms with Gasteiger partial charge in [0, 0.05) is 51.9 Å². The number of H-pyrrole nitrogens is 2. The van der Waals surface area contributed by atoms with Crippen LogP contribution in [0.25, 0.3) is 11.0 Å². The highest BCUT2D eigenvalue weighted by Crippen LogP contribution is 2.27. The highest BCUT2D eigenvalue weighted by Gasteiger charge is 2.33. The van der Waals surface area contributed by atoms with Crippen LogP contribution < -0.4 is 16.3 Å². The average Bonchev–Trinajstić information content (AvgIpc) is 3.26. The number of amides is 5. The highest BCUT2D eigenvalue weighted by atomic mass is 16.2. The number of piperidine rings is 1. The maximum atomic E-state index is 13.2. The number of fused-ring (bicyclic) bond motifs is 2. The fourth-order valence-electron chi connectivity index (χ4n) is 5.09. The molecular formula is C26H31N7O4. The molecule has 11 heteroatoms. The summed E-state index contributed by atoms with van der Waals surface area (Å²) in [5.41, 5.74) is 3.78. The first-order chi connectivity index (χ1) is 17.8. The van der Waals surface area contributed by atoms with Crippen LogP contribution >= 0.6 is 0 Å². The lowest BCUT2D eigenvalue weighted by Gasteiger charge is -2.40. The van der Waals surface area contributed by atoms with Crippen LogP contribution in [-0.4, -0.2) is 81.9 Å². The van der Waals surface area contributed by atoms with E-state index >= 15 is 0 Å². The molecule has 37 heavy (non-hydrogen) atoms. The number of hydrogen-bond donors (Lipinski definition) is 4. The van der Waals surface area contributed by atoms with Crippen LogP contribution in [0.4, 0.5) is 15.3 Å². The summed E-state index contributed by atoms with van der Waals surface area (Å²) in [6.07, 6.45) is 1.61. The first-order valence-electron chi connectivity index (χ1n) is 12.4. The molecule has 0 spiro atoms. The summed E-state index contributed by atoms with van der Waals surface area (Å²) < 4.78 is 0. The Morgan fingerprint density at radius 2 is 1.78 bits per heavy atom. The SMILES string of the molecule is CN(C)C(=O)C(Cc1ccc2[nH]c(=O)[nH]c2c1)NC(=O)N1CCC(N2Cc3ccccc3NC2=O)CC1. The Labute approximate surface area is 213 Å². The van der Waals surface area contributed by atoms with Crippen molar-refractivity contribution in [2.75, 3.05) is 32.5 Å². The number of likely N-dealkylation sites (tertiary alicyclic amines) is 1. The number of likely N-dealkylation sites (N-methyl/N-ethyl adjacent to an activating group) is 1. The Kier molecular flexibility index (Phi) is 6.60. The third kappa shape index (κ3) is 5.16. The number of nitrogens with one attached hydrogen (secondary N) is 4. The Hall–Kier alpha value is -4.28. The van der Waals surface area contributed by atoms with Gasteiger partial charge in [-0.1, -0.05) is 24.3 Å². The molecule has 5 amide bonds. The van der Waals surface area contributed by atoms with Gasteiger partial charge in [-0.05, 0) is 42.2 Å². The Bertz CT molecular complexity index is 1390. The lowest BCUT2D eigenvalue weighted by molar-refractivity contribution is -0.130. The summed E-state index contributed by atoms with van der Waals surface area (Å²) >= 11 is 0. The molecular weight excluding hydrogens is 474 g/mol. The minimum absolute atomic E-state index is 0.0341. The van der Waals surface area contributed by atoms with Gasteiger partial charge in [0.25, 0.3) is 0 Å². The molecule has 1 atom stereocenters. The molecule has 0 bridgehead atoms. The average molecular weight is 506 g/mol. The molecule has 5 rings (SSSR count). The molecule has 0 saturated carbocycles. The summed E-state index contributed by atoms with van der Waals surface area (Å²) in [5.74, 6) is -0.213. The molecule has 2 aromatic carbocycles. The molecule has 4 N–H and O–H groups in total. The summed E-state index contributed by atoms with van der Waals surface area (Å²) in [5, 5.41) is 5.87. The molecule has 3 heterocycles. The van der Waals surface area contributed by atoms with E-state index in [1.165, 1.54) is 4.90 Å². The smallest absolute Gasteiger partial charge is 0.323 e. The van der Waals surface area contributed by atoms with Crippen LogP contribution in [-0.2, 0) is 17.8 Å². The van der Waals surface area contributed by atoms with Crippen molar-refractivity contribution in [3.05, 3.63) is 64.1 Å². The Morgan fingerprint density at radius 3 is 2.54 bits per heavy atom. The minimum Gasteiger partial charge on any atom is -0.347 e. The molecule has 0 aliphatic carbocycles. The maximum Gasteiger partial charge on any atom is 0.323 e. The number of nitrogens with zero attached hydrogens (tertiary/aromatic N) is 3. The van der Waals surface area contributed by atoms with Crippen molar-refractivity contribution in [1.29, 1.82) is 0 Å². The van der Waals surface area contributed by atoms with E-state index in [9.17, 15) is 19.2 Å². The number of carbonyl (C=O) groups is 3. The van der Waals surface area contributed by atoms with Crippen LogP contribution in [0.1, 0.15) is 24.0 Å². The van der Waals surface area contributed by atoms with Crippen molar-refractivity contribution in [2.24, 2.45) is 0 Å². The molecule has 1 fully saturated rings. The van der Waals surface area contributed by atoms with Gasteiger partial charge in [-0.2, -0.15) is 0 Å². The molecule has 11 nitrogen and oxygen atoms in total. The maximum absolute atomic E-state index is 13.2. The normalized spacial score (nSPS) is 16.8. The first-order valence-corrected chi connectivity index (χ1v) is 12.4. The van der Waals surface area contributed by atoms with Gasteiger partial charge in [0.2, 0.25) is 5.91 Å². The summed E-state index contributed by atoms with van der Waals surface area (Å²) in [4.78, 5) is 60.7. The second-order valence-corrected chi connectivity index (χ2v) is 9.83. The standard InChI is InChI=1S/C26H31N7O4/c1-31(2)23(34)22(14-16-7-8-20-21(13-16)28-24(35)27-20)30-25(36)32-11-9-18(10-12-32)33-15-17-5-3-4-6-19(17)29-26(33)37/h3-8,13,18,22H,9-12,14-15H2,1-2H3,(H,29,37)(H,30,36)(H2,27,28,35). The first kappa shape index (κ1) is 24.4. The van der Waals surface area contributed by atoms with Gasteiger partial charge >= 0.3 is 17.8 Å². The lowest BCUT2D eigenvalue weighted by atomic mass is 10.0. The van der Waals surface area contributed by atoms with Gasteiger partial charge < -0.3 is 35.3 Å². The van der Waals surface area contributed by atoms with Crippen molar-refractivity contribution < 1.29 is 14.4 Å². The van der Waals surface area contributed by atoms with Gasteiger partial charge in [-0.25, -0.2) is 14.4 Å². The van der Waals surface area contributed by atoms with Crippen molar-refractivity contribution in [3.8, 4) is 0 Å². The van der Waals surface area contributed by atoms with Gasteiger partial charge in [-0.15, -0.1) is 0 Å². The van der Waals surface area contributed by atoms with E-state index in [2.05, 4.69) is 20.6 Å². The van der Waals surface area contributed by atoms with E-state index in [-0.39, 0.29) is 36.1 Å². The van der Waals surface area contributed by atoms with Crippen LogP contribution in [0.2, 0.25) is 0 Å². The molecule has 3 aromatic rings. The van der Waals surface area contributed by atoms with Crippen molar-refractivity contribution in [1.82, 2.24) is 30.0 Å². The quantitative estimate of drug-likeness (QED) is 0.422. The van der Waals surface area contributed by atoms with Gasteiger partial charge in [0.05, 0.1) is 11.0 Å². The lowest BCUT2D eigenvalue weighted by Crippen LogP contribution is -2.55. The summed E-state index contributed by atoms with van der Waals surface area (Å²) in [7, 11) is 3.31. The van der Waals surface area contributed by atoms with Gasteiger partial charge in [0.1, 0.15) is 6.04 Å². The Morgan fingerprint density at radius 1 is 1.05 bits per heavy atom. The van der Waals surface area contributed by atoms with Crippen molar-refractivity contribution >= 4 is 34.7 Å². The van der Waals surface area contributed by atoms with Crippen LogP contribution in [0.3, 0.4) is 0 Å². The highest BCUT2D eigenvalue weighted by molar-refractivity contribution is 5.92. The number of rotatable bonds is 5. The molecule has 194 valence electrons. The number of imidazole rings is 1. The molecule has 2 aliphatic rings. The van der Waals surface area contributed by atoms with Gasteiger partial charge in [0.15, 0.2) is 0 Å². The fraction of sp³-hybridized carbons (Fsp3) is 0.385. The molecule has 1 unspecified atom stereocenters. The zero-order valence-electron chi connectivity index (χ0n) is 20.9. The third-order valence-corrected chi connectivity index (χ3v) is 7.11. The minimum atomic E-state index is -0.757. The van der Waals surface area contributed by atoms with E-state index in [1.54, 1.807) is 25.1 Å². The number of aromatic amines is 2. The summed E-state index contributed by atoms with van der Waals surface area (Å²) in [6, 6.07) is 12.1. The zero-order valence-corrected chi connectivity index (χ0v) is 20.9. The zero-order chi connectivity index (χ0) is 26.1. The van der Waals surface area contributed by atoms with E-state index in [0.29, 0.717) is 43.5 Å². The molecule has 2 aliphatic heterocycles. The summed E-state index contributed by atoms with van der Waals surface area (Å²) in [6.45, 7) is 1.53. The molecule has 1 saturated heterocycles. The van der Waals surface area contributed by atoms with E-state index in [0.717, 1.165) is 16.8 Å². The Balaban J connectivity index is 1.22. The topological polar surface area (TPSA) is 134 Å². The van der Waals surface area contributed by atoms with Crippen LogP contribution in [0.5, 0.6) is 0 Å². The van der Waals surface area contributed by atoms with E-state index in [1.807, 2.05) is 41.3 Å². The van der Waals surface area contributed by atoms with Crippen LogP contribution in [0, 0.1) is 0 Å². The predicted molar refractivity (Wildman–Crippen MR) is 139 cm³/mol. The number of aromatic nitrogens is 2. The second kappa shape index (κ2) is 10.00. The van der Waals surface area contributed by atoms with Crippen molar-refractivity contribution in [3.63, 3.8) is 0 Å². The largest absolute Gasteiger partial charge is 0.347 e. The number of urea groups is 2. The number of para-hydroxylation sites is 1. The monoisotopic (exact) mass is 505 g/mol. The third-order valence-electron chi connectivity index (χ3n) is 7.11. The van der Waals surface area contributed by atoms with Crippen LogP contribution in [0.15, 0.2) is 47.3 Å². The van der Waals surface area contributed by atoms with Gasteiger partial charge in [-0.3, -0.25) is 4.79 Å². The second-order valence-electron chi connectivity index (χ2n) is 9.83. The van der Waals surface area contributed by atoms with Crippen molar-refractivity contribution in [2.45, 2.75) is 37.9 Å². The number of hydrogen-bond acceptors (Lipinski definition) is 4. The fourth-order valence-corrected chi connectivity index (χ4v) is 5.09. The molecule has 0 radical (unpaired) electrons. The number of carbonyl (C=O) groups excluding carboxylic acids is 3. The van der Waals surface area contributed by atoms with E-state index < -0.39 is 6.04 Å². The van der Waals surface area contributed by atoms with E-state index in [4.69, 9.17) is 0 Å². The number of anilines is 1. The number of benzene rings is 2. The predicted octanol–water partition coefficient (Wildman–Crippen LogP) is 2.08.